The average Bonchev–Trinajstić information content (AvgIpc) is 2.70. The molecule has 0 saturated heterocycles. The molecule has 146 valence electrons. The van der Waals surface area contributed by atoms with Crippen molar-refractivity contribution in [2.24, 2.45) is 0 Å². The number of aryl methyl sites for hydroxylation is 4. The molecule has 29 heavy (non-hydrogen) atoms. The molecular weight excluding hydrogens is 361 g/mol. The molecule has 2 N–H and O–H groups in total. The van der Waals surface area contributed by atoms with E-state index < -0.39 is 21.4 Å². The fraction of sp³-hybridized carbons (Fsp3) is 0.182. The van der Waals surface area contributed by atoms with Gasteiger partial charge in [0.15, 0.2) is 0 Å². The van der Waals surface area contributed by atoms with Crippen molar-refractivity contribution >= 4 is 37.7 Å². The van der Waals surface area contributed by atoms with Gasteiger partial charge in [0.2, 0.25) is 0 Å². The van der Waals surface area contributed by atoms with Crippen molar-refractivity contribution in [1.82, 2.24) is 0 Å². The van der Waals surface area contributed by atoms with Gasteiger partial charge in [0.1, 0.15) is 0 Å². The third kappa shape index (κ3) is 5.61. The van der Waals surface area contributed by atoms with Crippen LogP contribution in [0, 0.1) is 27.7 Å². The smallest absolute Gasteiger partial charge is 0.444 e. The third-order valence-electron chi connectivity index (χ3n) is 5.03. The summed E-state index contributed by atoms with van der Waals surface area (Å²) in [6.45, 7) is 7.99. The van der Waals surface area contributed by atoms with Crippen LogP contribution in [0.25, 0.3) is 0 Å². The molecule has 0 amide bonds. The van der Waals surface area contributed by atoms with E-state index >= 15 is 0 Å². The molecule has 0 heterocycles. The average molecular weight is 386 g/mol. The zero-order chi connectivity index (χ0) is 21.0. The molecule has 0 aliphatic heterocycles. The monoisotopic (exact) mass is 386 g/mol. The molecule has 0 aliphatic rings. The molecule has 0 aromatic heterocycles. The molecule has 0 aliphatic carbocycles. The lowest BCUT2D eigenvalue weighted by molar-refractivity contribution is 0.356. The summed E-state index contributed by atoms with van der Waals surface area (Å²) >= 11 is 0. The summed E-state index contributed by atoms with van der Waals surface area (Å²) in [5, 5.41) is 21.2. The predicted octanol–water partition coefficient (Wildman–Crippen LogP) is 1.42. The molecule has 0 unspecified atom stereocenters. The van der Waals surface area contributed by atoms with Crippen LogP contribution in [-0.4, -0.2) is 31.4 Å². The van der Waals surface area contributed by atoms with Crippen molar-refractivity contribution < 1.29 is 19.2 Å². The molecule has 4 nitrogen and oxygen atoms in total. The topological polar surface area (TPSA) is 58.9 Å². The predicted molar refractivity (Wildman–Crippen MR) is 121 cm³/mol. The minimum Gasteiger partial charge on any atom is -0.444 e. The standard InChI is InChI=1S/C22H25B3O4/c1-16-5-10-20(11-6-16)23(26)28-25(22-14-9-18(3)19(4)15-22)29-24(27)21-12-7-17(2)8-13-21/h5-15,26-27H,1-4H3. The van der Waals surface area contributed by atoms with Crippen LogP contribution in [0.1, 0.15) is 22.3 Å². The van der Waals surface area contributed by atoms with Crippen molar-refractivity contribution in [1.29, 1.82) is 0 Å². The van der Waals surface area contributed by atoms with Crippen LogP contribution in [0.15, 0.2) is 66.7 Å². The Bertz CT molecular complexity index is 892. The summed E-state index contributed by atoms with van der Waals surface area (Å²) in [7, 11) is -3.32. The molecule has 0 radical (unpaired) electrons. The lowest BCUT2D eigenvalue weighted by Crippen LogP contribution is -2.51. The molecule has 0 atom stereocenters. The van der Waals surface area contributed by atoms with E-state index in [9.17, 15) is 10.0 Å². The van der Waals surface area contributed by atoms with Crippen LogP contribution in [0.4, 0.5) is 0 Å². The Kier molecular flexibility index (Phi) is 6.98. The zero-order valence-corrected chi connectivity index (χ0v) is 17.3. The Balaban J connectivity index is 1.85. The van der Waals surface area contributed by atoms with Gasteiger partial charge in [-0.3, -0.25) is 0 Å². The fourth-order valence-corrected chi connectivity index (χ4v) is 2.95. The molecule has 7 heteroatoms. The second kappa shape index (κ2) is 9.46. The van der Waals surface area contributed by atoms with Gasteiger partial charge >= 0.3 is 21.4 Å². The quantitative estimate of drug-likeness (QED) is 0.604. The Hall–Kier alpha value is -2.31. The van der Waals surface area contributed by atoms with Crippen LogP contribution < -0.4 is 16.4 Å². The molecule has 0 saturated carbocycles. The van der Waals surface area contributed by atoms with E-state index in [4.69, 9.17) is 9.14 Å². The summed E-state index contributed by atoms with van der Waals surface area (Å²) in [6, 6.07) is 20.7. The summed E-state index contributed by atoms with van der Waals surface area (Å²) in [6.07, 6.45) is 0. The van der Waals surface area contributed by atoms with Gasteiger partial charge in [-0.05, 0) is 55.2 Å². The van der Waals surface area contributed by atoms with Crippen molar-refractivity contribution in [3.8, 4) is 0 Å². The molecule has 0 spiro atoms. The highest BCUT2D eigenvalue weighted by atomic mass is 16.6. The van der Waals surface area contributed by atoms with Crippen molar-refractivity contribution in [2.75, 3.05) is 0 Å². The number of benzene rings is 3. The lowest BCUT2D eigenvalue weighted by atomic mass is 9.67. The van der Waals surface area contributed by atoms with Gasteiger partial charge < -0.3 is 19.2 Å². The first-order valence-corrected chi connectivity index (χ1v) is 9.71. The molecule has 3 aromatic rings. The molecule has 0 fully saturated rings. The SMILES string of the molecule is Cc1ccc(B(O)OB(OB(O)c2ccc(C)cc2)c2ccc(C)c(C)c2)cc1. The van der Waals surface area contributed by atoms with Crippen molar-refractivity contribution in [2.45, 2.75) is 27.7 Å². The third-order valence-corrected chi connectivity index (χ3v) is 5.03. The fourth-order valence-electron chi connectivity index (χ4n) is 2.95. The minimum atomic E-state index is -1.19. The van der Waals surface area contributed by atoms with Crippen LogP contribution in [0.5, 0.6) is 0 Å². The first-order valence-electron chi connectivity index (χ1n) is 9.71. The highest BCUT2D eigenvalue weighted by Gasteiger charge is 2.33. The first kappa shape index (κ1) is 21.4. The van der Waals surface area contributed by atoms with E-state index in [0.29, 0.717) is 10.9 Å². The lowest BCUT2D eigenvalue weighted by Gasteiger charge is -2.20. The van der Waals surface area contributed by atoms with Crippen LogP contribution in [-0.2, 0) is 9.14 Å². The maximum Gasteiger partial charge on any atom is 0.477 e. The Morgan fingerprint density at radius 2 is 0.966 bits per heavy atom. The second-order valence-electron chi connectivity index (χ2n) is 7.47. The zero-order valence-electron chi connectivity index (χ0n) is 17.3. The number of hydrogen-bond donors (Lipinski definition) is 2. The maximum absolute atomic E-state index is 10.6. The summed E-state index contributed by atoms with van der Waals surface area (Å²) in [5.41, 5.74) is 6.39. The van der Waals surface area contributed by atoms with Crippen LogP contribution in [0.2, 0.25) is 0 Å². The highest BCUT2D eigenvalue weighted by Crippen LogP contribution is 2.07. The molecule has 3 rings (SSSR count). The van der Waals surface area contributed by atoms with E-state index in [1.54, 1.807) is 0 Å². The van der Waals surface area contributed by atoms with Gasteiger partial charge in [0, 0.05) is 0 Å². The number of rotatable bonds is 7. The summed E-state index contributed by atoms with van der Waals surface area (Å²) in [4.78, 5) is 0. The normalized spacial score (nSPS) is 10.7. The van der Waals surface area contributed by atoms with E-state index in [-0.39, 0.29) is 0 Å². The molecular formula is C22H25B3O4. The van der Waals surface area contributed by atoms with Crippen molar-refractivity contribution in [3.63, 3.8) is 0 Å². The van der Waals surface area contributed by atoms with E-state index in [1.165, 1.54) is 0 Å². The largest absolute Gasteiger partial charge is 0.477 e. The van der Waals surface area contributed by atoms with E-state index in [2.05, 4.69) is 0 Å². The Labute approximate surface area is 173 Å². The first-order chi connectivity index (χ1) is 13.8. The molecule has 0 bridgehead atoms. The van der Waals surface area contributed by atoms with E-state index in [0.717, 1.165) is 27.7 Å². The van der Waals surface area contributed by atoms with Gasteiger partial charge in [-0.25, -0.2) is 0 Å². The van der Waals surface area contributed by atoms with Crippen LogP contribution in [0.3, 0.4) is 0 Å². The van der Waals surface area contributed by atoms with Gasteiger partial charge in [0.25, 0.3) is 0 Å². The van der Waals surface area contributed by atoms with Gasteiger partial charge in [0.05, 0.1) is 0 Å². The maximum atomic E-state index is 10.6. The molecule has 3 aromatic carbocycles. The van der Waals surface area contributed by atoms with Gasteiger partial charge in [-0.15, -0.1) is 0 Å². The van der Waals surface area contributed by atoms with E-state index in [1.807, 2.05) is 94.4 Å². The van der Waals surface area contributed by atoms with Gasteiger partial charge in [-0.2, -0.15) is 0 Å². The highest BCUT2D eigenvalue weighted by molar-refractivity contribution is 6.79. The summed E-state index contributed by atoms with van der Waals surface area (Å²) in [5.74, 6) is 0. The van der Waals surface area contributed by atoms with Gasteiger partial charge in [-0.1, -0.05) is 77.9 Å². The Morgan fingerprint density at radius 1 is 0.552 bits per heavy atom. The second-order valence-corrected chi connectivity index (χ2v) is 7.47. The Morgan fingerprint density at radius 3 is 1.38 bits per heavy atom. The number of hydrogen-bond acceptors (Lipinski definition) is 4. The minimum absolute atomic E-state index is 0.623. The van der Waals surface area contributed by atoms with Crippen molar-refractivity contribution in [3.05, 3.63) is 89.0 Å². The summed E-state index contributed by atoms with van der Waals surface area (Å²) < 4.78 is 11.7. The van der Waals surface area contributed by atoms with Crippen LogP contribution >= 0.6 is 0 Å².